The van der Waals surface area contributed by atoms with Gasteiger partial charge in [0.1, 0.15) is 17.7 Å². The Morgan fingerprint density at radius 1 is 1.36 bits per heavy atom. The number of hydrogen-bond donors (Lipinski definition) is 2. The predicted octanol–water partition coefficient (Wildman–Crippen LogP) is 2.32. The van der Waals surface area contributed by atoms with Gasteiger partial charge in [-0.1, -0.05) is 10.3 Å². The van der Waals surface area contributed by atoms with E-state index in [-0.39, 0.29) is 6.04 Å². The lowest BCUT2D eigenvalue weighted by Gasteiger charge is -2.24. The molecule has 8 nitrogen and oxygen atoms in total. The maximum atomic E-state index is 13.9. The van der Waals surface area contributed by atoms with Crippen LogP contribution in [0.3, 0.4) is 0 Å². The molecule has 3 rings (SSSR count). The lowest BCUT2D eigenvalue weighted by molar-refractivity contribution is 0.223. The minimum Gasteiger partial charge on any atom is -0.361 e. The van der Waals surface area contributed by atoms with Crippen molar-refractivity contribution in [3.8, 4) is 0 Å². The summed E-state index contributed by atoms with van der Waals surface area (Å²) in [6.45, 7) is 6.68. The third-order valence-corrected chi connectivity index (χ3v) is 4.39. The first-order valence-electron chi connectivity index (χ1n) is 8.20. The summed E-state index contributed by atoms with van der Waals surface area (Å²) >= 11 is 0. The highest BCUT2D eigenvalue weighted by atomic mass is 19.1. The standard InChI is InChI=1S/C16H22FN5O3/c1-9-4-15(21-24-9)19-16(23)18-6-13-5-12(17)7-22(13)8-14-10(2)20-25-11(14)3/h4,12-13H,5-8H2,1-3H3,(H2,18,19,21,23)/t12-,13-/m0/s1. The number of anilines is 1. The highest BCUT2D eigenvalue weighted by Crippen LogP contribution is 2.24. The fourth-order valence-electron chi connectivity index (χ4n) is 3.06. The average molecular weight is 351 g/mol. The van der Waals surface area contributed by atoms with Crippen molar-refractivity contribution in [3.63, 3.8) is 0 Å². The van der Waals surface area contributed by atoms with E-state index in [2.05, 4.69) is 20.9 Å². The second kappa shape index (κ2) is 7.22. The van der Waals surface area contributed by atoms with Crippen molar-refractivity contribution in [3.05, 3.63) is 28.8 Å². The lowest BCUT2D eigenvalue weighted by Crippen LogP contribution is -2.41. The fraction of sp³-hybridized carbons (Fsp3) is 0.562. The zero-order valence-corrected chi connectivity index (χ0v) is 14.5. The van der Waals surface area contributed by atoms with Crippen molar-refractivity contribution < 1.29 is 18.2 Å². The molecule has 1 fully saturated rings. The summed E-state index contributed by atoms with van der Waals surface area (Å²) in [4.78, 5) is 14.0. The second-order valence-corrected chi connectivity index (χ2v) is 6.38. The predicted molar refractivity (Wildman–Crippen MR) is 87.9 cm³/mol. The number of carbonyl (C=O) groups is 1. The molecule has 0 aromatic carbocycles. The fourth-order valence-corrected chi connectivity index (χ4v) is 3.06. The Labute approximate surface area is 144 Å². The van der Waals surface area contributed by atoms with Crippen LogP contribution in [0.2, 0.25) is 0 Å². The third kappa shape index (κ3) is 4.16. The highest BCUT2D eigenvalue weighted by molar-refractivity contribution is 5.88. The molecule has 0 aliphatic carbocycles. The van der Waals surface area contributed by atoms with Crippen molar-refractivity contribution >= 4 is 11.8 Å². The van der Waals surface area contributed by atoms with E-state index in [0.717, 1.165) is 17.0 Å². The van der Waals surface area contributed by atoms with Crippen LogP contribution in [-0.2, 0) is 6.54 Å². The first-order valence-corrected chi connectivity index (χ1v) is 8.20. The summed E-state index contributed by atoms with van der Waals surface area (Å²) in [5.74, 6) is 1.69. The van der Waals surface area contributed by atoms with Gasteiger partial charge in [-0.15, -0.1) is 0 Å². The van der Waals surface area contributed by atoms with Gasteiger partial charge in [0.2, 0.25) is 0 Å². The monoisotopic (exact) mass is 351 g/mol. The zero-order valence-electron chi connectivity index (χ0n) is 14.5. The molecule has 0 saturated carbocycles. The van der Waals surface area contributed by atoms with E-state index in [1.807, 2.05) is 18.7 Å². The third-order valence-electron chi connectivity index (χ3n) is 4.39. The number of aromatic nitrogens is 2. The number of aryl methyl sites for hydroxylation is 3. The van der Waals surface area contributed by atoms with Crippen LogP contribution < -0.4 is 10.6 Å². The molecule has 0 bridgehead atoms. The summed E-state index contributed by atoms with van der Waals surface area (Å²) in [7, 11) is 0. The average Bonchev–Trinajstić information content (AvgIpc) is 3.21. The van der Waals surface area contributed by atoms with Crippen LogP contribution in [0.4, 0.5) is 15.0 Å². The van der Waals surface area contributed by atoms with Crippen LogP contribution >= 0.6 is 0 Å². The molecular formula is C16H22FN5O3. The number of carbonyl (C=O) groups excluding carboxylic acids is 1. The van der Waals surface area contributed by atoms with Crippen molar-refractivity contribution in [2.45, 2.75) is 46.0 Å². The minimum atomic E-state index is -0.909. The van der Waals surface area contributed by atoms with Crippen molar-refractivity contribution in [1.29, 1.82) is 0 Å². The Morgan fingerprint density at radius 3 is 2.80 bits per heavy atom. The van der Waals surface area contributed by atoms with Gasteiger partial charge in [0.05, 0.1) is 5.69 Å². The van der Waals surface area contributed by atoms with E-state index in [1.54, 1.807) is 13.0 Å². The van der Waals surface area contributed by atoms with Crippen LogP contribution in [0.15, 0.2) is 15.1 Å². The van der Waals surface area contributed by atoms with E-state index in [0.29, 0.717) is 37.6 Å². The number of hydrogen-bond acceptors (Lipinski definition) is 6. The molecule has 2 aromatic rings. The number of halogens is 1. The summed E-state index contributed by atoms with van der Waals surface area (Å²) in [6.07, 6.45) is -0.527. The van der Waals surface area contributed by atoms with Gasteiger partial charge in [0.15, 0.2) is 5.82 Å². The number of likely N-dealkylation sites (tertiary alicyclic amines) is 1. The van der Waals surface area contributed by atoms with Crippen LogP contribution in [0.1, 0.15) is 29.2 Å². The number of alkyl halides is 1. The van der Waals surface area contributed by atoms with Gasteiger partial charge in [-0.05, 0) is 27.2 Å². The number of amides is 2. The Bertz CT molecular complexity index is 724. The quantitative estimate of drug-likeness (QED) is 0.858. The second-order valence-electron chi connectivity index (χ2n) is 6.38. The maximum Gasteiger partial charge on any atom is 0.320 e. The molecule has 136 valence electrons. The van der Waals surface area contributed by atoms with E-state index < -0.39 is 12.2 Å². The number of rotatable bonds is 5. The van der Waals surface area contributed by atoms with Gasteiger partial charge in [-0.25, -0.2) is 9.18 Å². The van der Waals surface area contributed by atoms with Gasteiger partial charge >= 0.3 is 6.03 Å². The maximum absolute atomic E-state index is 13.9. The van der Waals surface area contributed by atoms with Gasteiger partial charge in [-0.2, -0.15) is 0 Å². The van der Waals surface area contributed by atoms with Gasteiger partial charge in [0, 0.05) is 37.3 Å². The molecule has 25 heavy (non-hydrogen) atoms. The van der Waals surface area contributed by atoms with Gasteiger partial charge in [0.25, 0.3) is 0 Å². The van der Waals surface area contributed by atoms with Crippen LogP contribution in [0.5, 0.6) is 0 Å². The molecule has 2 aromatic heterocycles. The van der Waals surface area contributed by atoms with E-state index in [1.165, 1.54) is 0 Å². The molecule has 3 heterocycles. The van der Waals surface area contributed by atoms with Crippen molar-refractivity contribution in [2.24, 2.45) is 0 Å². The topological polar surface area (TPSA) is 96.4 Å². The van der Waals surface area contributed by atoms with E-state index >= 15 is 0 Å². The number of nitrogens with zero attached hydrogens (tertiary/aromatic N) is 3. The van der Waals surface area contributed by atoms with Crippen LogP contribution in [0.25, 0.3) is 0 Å². The molecule has 1 saturated heterocycles. The summed E-state index contributed by atoms with van der Waals surface area (Å²) in [6, 6.07) is 1.14. The molecule has 1 aliphatic heterocycles. The molecule has 0 radical (unpaired) electrons. The molecule has 2 atom stereocenters. The van der Waals surface area contributed by atoms with Crippen molar-refractivity contribution in [1.82, 2.24) is 20.5 Å². The summed E-state index contributed by atoms with van der Waals surface area (Å²) in [5.41, 5.74) is 1.78. The molecule has 2 N–H and O–H groups in total. The lowest BCUT2D eigenvalue weighted by atomic mass is 10.1. The highest BCUT2D eigenvalue weighted by Gasteiger charge is 2.33. The largest absolute Gasteiger partial charge is 0.361 e. The van der Waals surface area contributed by atoms with Gasteiger partial charge < -0.3 is 14.4 Å². The zero-order chi connectivity index (χ0) is 18.0. The van der Waals surface area contributed by atoms with E-state index in [9.17, 15) is 9.18 Å². The van der Waals surface area contributed by atoms with Gasteiger partial charge in [-0.3, -0.25) is 10.2 Å². The smallest absolute Gasteiger partial charge is 0.320 e. The molecule has 0 unspecified atom stereocenters. The van der Waals surface area contributed by atoms with E-state index in [4.69, 9.17) is 9.05 Å². The SMILES string of the molecule is Cc1cc(NC(=O)NC[C@@H]2C[C@H](F)CN2Cc2c(C)noc2C)no1. The molecule has 2 amide bonds. The molecular weight excluding hydrogens is 329 g/mol. The molecule has 9 heteroatoms. The minimum absolute atomic E-state index is 0.0894. The van der Waals surface area contributed by atoms with Crippen LogP contribution in [0, 0.1) is 20.8 Å². The summed E-state index contributed by atoms with van der Waals surface area (Å²) in [5, 5.41) is 13.0. The first kappa shape index (κ1) is 17.4. The normalized spacial score (nSPS) is 20.8. The molecule has 1 aliphatic rings. The Hall–Kier alpha value is -2.42. The Balaban J connectivity index is 1.55. The number of nitrogens with one attached hydrogen (secondary N) is 2. The number of urea groups is 1. The van der Waals surface area contributed by atoms with Crippen molar-refractivity contribution in [2.75, 3.05) is 18.4 Å². The van der Waals surface area contributed by atoms with Crippen LogP contribution in [-0.4, -0.2) is 46.5 Å². The Kier molecular flexibility index (Phi) is 5.03. The first-order chi connectivity index (χ1) is 11.9. The molecule has 0 spiro atoms. The summed E-state index contributed by atoms with van der Waals surface area (Å²) < 4.78 is 24.0. The Morgan fingerprint density at radius 2 is 2.16 bits per heavy atom.